The van der Waals surface area contributed by atoms with Crippen LogP contribution in [0.2, 0.25) is 0 Å². The predicted molar refractivity (Wildman–Crippen MR) is 63.7 cm³/mol. The van der Waals surface area contributed by atoms with E-state index in [1.807, 2.05) is 0 Å². The topological polar surface area (TPSA) is 37.4 Å². The summed E-state index contributed by atoms with van der Waals surface area (Å²) < 4.78 is 25.1. The van der Waals surface area contributed by atoms with Crippen LogP contribution in [0.25, 0.3) is 0 Å². The summed E-state index contributed by atoms with van der Waals surface area (Å²) in [5.74, 6) is 1.13. The molecule has 0 aromatic heterocycles. The van der Waals surface area contributed by atoms with Crippen LogP contribution in [0.3, 0.4) is 0 Å². The Morgan fingerprint density at radius 1 is 1.27 bits per heavy atom. The van der Waals surface area contributed by atoms with Gasteiger partial charge in [-0.15, -0.1) is 11.6 Å². The van der Waals surface area contributed by atoms with Gasteiger partial charge in [-0.3, -0.25) is 0 Å². The van der Waals surface area contributed by atoms with E-state index in [9.17, 15) is 8.42 Å². The molecule has 0 N–H and O–H groups in total. The van der Waals surface area contributed by atoms with Crippen molar-refractivity contribution in [1.29, 1.82) is 0 Å². The van der Waals surface area contributed by atoms with Gasteiger partial charge in [0.1, 0.15) is 0 Å². The minimum atomic E-state index is -3.14. The number of sulfonamides is 1. The first kappa shape index (κ1) is 13.3. The highest BCUT2D eigenvalue weighted by atomic mass is 35.5. The second-order valence-electron chi connectivity index (χ2n) is 5.11. The van der Waals surface area contributed by atoms with Crippen molar-refractivity contribution in [2.75, 3.05) is 19.0 Å². The van der Waals surface area contributed by atoms with Crippen LogP contribution >= 0.6 is 11.6 Å². The fourth-order valence-electron chi connectivity index (χ4n) is 1.69. The molecule has 0 saturated carbocycles. The molecule has 1 rings (SSSR count). The third-order valence-electron chi connectivity index (χ3n) is 2.91. The number of hydrogen-bond acceptors (Lipinski definition) is 2. The average molecular weight is 254 g/mol. The number of nitrogens with zero attached hydrogens (tertiary/aromatic N) is 1. The van der Waals surface area contributed by atoms with Crippen LogP contribution in [0.5, 0.6) is 0 Å². The van der Waals surface area contributed by atoms with Crippen molar-refractivity contribution in [2.45, 2.75) is 38.4 Å². The Labute approximate surface area is 97.8 Å². The maximum absolute atomic E-state index is 12.1. The molecule has 1 aliphatic rings. The SMILES string of the molecule is CC(C)(C)S(=O)(=O)N1CCC(CCl)CC1. The Morgan fingerprint density at radius 2 is 1.73 bits per heavy atom. The fourth-order valence-corrected chi connectivity index (χ4v) is 3.47. The molecule has 0 unspecified atom stereocenters. The molecular weight excluding hydrogens is 234 g/mol. The van der Waals surface area contributed by atoms with E-state index in [0.29, 0.717) is 24.9 Å². The summed E-state index contributed by atoms with van der Waals surface area (Å²) in [7, 11) is -3.14. The third-order valence-corrected chi connectivity index (χ3v) is 5.93. The lowest BCUT2D eigenvalue weighted by Crippen LogP contribution is -2.46. The number of halogens is 1. The first-order valence-corrected chi connectivity index (χ1v) is 7.32. The third kappa shape index (κ3) is 2.86. The number of alkyl halides is 1. The quantitative estimate of drug-likeness (QED) is 0.707. The van der Waals surface area contributed by atoms with Crippen molar-refractivity contribution in [1.82, 2.24) is 4.31 Å². The largest absolute Gasteiger partial charge is 0.219 e. The molecule has 0 atom stereocenters. The van der Waals surface area contributed by atoms with Gasteiger partial charge < -0.3 is 0 Å². The molecule has 3 nitrogen and oxygen atoms in total. The van der Waals surface area contributed by atoms with Crippen molar-refractivity contribution in [2.24, 2.45) is 5.92 Å². The number of rotatable bonds is 2. The zero-order valence-corrected chi connectivity index (χ0v) is 11.2. The van der Waals surface area contributed by atoms with Gasteiger partial charge in [0.05, 0.1) is 4.75 Å². The Morgan fingerprint density at radius 3 is 2.07 bits per heavy atom. The second kappa shape index (κ2) is 4.60. The zero-order valence-electron chi connectivity index (χ0n) is 9.66. The average Bonchev–Trinajstić information content (AvgIpc) is 2.16. The van der Waals surface area contributed by atoms with Crippen LogP contribution < -0.4 is 0 Å². The van der Waals surface area contributed by atoms with Gasteiger partial charge in [-0.25, -0.2) is 12.7 Å². The highest BCUT2D eigenvalue weighted by Gasteiger charge is 2.36. The molecule has 1 heterocycles. The Balaban J connectivity index is 2.69. The van der Waals surface area contributed by atoms with Gasteiger partial charge in [0, 0.05) is 19.0 Å². The summed E-state index contributed by atoms with van der Waals surface area (Å²) in [6, 6.07) is 0. The minimum Gasteiger partial charge on any atom is -0.212 e. The summed E-state index contributed by atoms with van der Waals surface area (Å²) in [6.45, 7) is 6.48. The normalized spacial score (nSPS) is 21.9. The molecule has 15 heavy (non-hydrogen) atoms. The molecule has 0 aromatic rings. The van der Waals surface area contributed by atoms with E-state index in [0.717, 1.165) is 12.8 Å². The minimum absolute atomic E-state index is 0.484. The lowest BCUT2D eigenvalue weighted by atomic mass is 10.0. The van der Waals surface area contributed by atoms with Gasteiger partial charge in [-0.05, 0) is 39.5 Å². The van der Waals surface area contributed by atoms with Gasteiger partial charge in [0.25, 0.3) is 0 Å². The summed E-state index contributed by atoms with van der Waals surface area (Å²) in [6.07, 6.45) is 1.78. The van der Waals surface area contributed by atoms with Crippen LogP contribution in [0, 0.1) is 5.92 Å². The van der Waals surface area contributed by atoms with E-state index in [-0.39, 0.29) is 0 Å². The van der Waals surface area contributed by atoms with Gasteiger partial charge in [-0.1, -0.05) is 0 Å². The monoisotopic (exact) mass is 253 g/mol. The highest BCUT2D eigenvalue weighted by molar-refractivity contribution is 7.90. The molecule has 0 amide bonds. The van der Waals surface area contributed by atoms with E-state index in [1.54, 1.807) is 25.1 Å². The first-order valence-electron chi connectivity index (χ1n) is 5.34. The van der Waals surface area contributed by atoms with E-state index in [1.165, 1.54) is 0 Å². The summed E-state index contributed by atoms with van der Waals surface area (Å²) >= 11 is 5.76. The van der Waals surface area contributed by atoms with Gasteiger partial charge in [0.15, 0.2) is 0 Å². The lowest BCUT2D eigenvalue weighted by Gasteiger charge is -2.34. The maximum atomic E-state index is 12.1. The second-order valence-corrected chi connectivity index (χ2v) is 8.11. The molecule has 90 valence electrons. The number of piperidine rings is 1. The standard InChI is InChI=1S/C10H20ClNO2S/c1-10(2,3)15(13,14)12-6-4-9(8-11)5-7-12/h9H,4-8H2,1-3H3. The van der Waals surface area contributed by atoms with E-state index < -0.39 is 14.8 Å². The van der Waals surface area contributed by atoms with E-state index in [4.69, 9.17) is 11.6 Å². The van der Waals surface area contributed by atoms with E-state index in [2.05, 4.69) is 0 Å². The molecular formula is C10H20ClNO2S. The molecule has 0 bridgehead atoms. The van der Waals surface area contributed by atoms with Crippen LogP contribution in [0.1, 0.15) is 33.6 Å². The molecule has 1 fully saturated rings. The summed E-state index contributed by atoms with van der Waals surface area (Å²) in [5.41, 5.74) is 0. The molecule has 0 aliphatic carbocycles. The van der Waals surface area contributed by atoms with Crippen LogP contribution in [0.15, 0.2) is 0 Å². The number of hydrogen-bond donors (Lipinski definition) is 0. The van der Waals surface area contributed by atoms with Crippen molar-refractivity contribution in [3.8, 4) is 0 Å². The molecule has 0 radical (unpaired) electrons. The molecule has 0 aromatic carbocycles. The van der Waals surface area contributed by atoms with Crippen molar-refractivity contribution in [3.05, 3.63) is 0 Å². The predicted octanol–water partition coefficient (Wildman–Crippen LogP) is 2.07. The van der Waals surface area contributed by atoms with Crippen molar-refractivity contribution < 1.29 is 8.42 Å². The van der Waals surface area contributed by atoms with Crippen molar-refractivity contribution >= 4 is 21.6 Å². The van der Waals surface area contributed by atoms with Gasteiger partial charge in [-0.2, -0.15) is 0 Å². The first-order chi connectivity index (χ1) is 6.79. The molecule has 1 saturated heterocycles. The highest BCUT2D eigenvalue weighted by Crippen LogP contribution is 2.26. The summed E-state index contributed by atoms with van der Waals surface area (Å²) in [4.78, 5) is 0. The van der Waals surface area contributed by atoms with E-state index >= 15 is 0 Å². The molecule has 1 aliphatic heterocycles. The van der Waals surface area contributed by atoms with Gasteiger partial charge >= 0.3 is 0 Å². The Bertz CT molecular complexity index is 300. The Hall–Kier alpha value is 0.200. The van der Waals surface area contributed by atoms with Crippen molar-refractivity contribution in [3.63, 3.8) is 0 Å². The van der Waals surface area contributed by atoms with Crippen LogP contribution in [0.4, 0.5) is 0 Å². The Kier molecular flexibility index (Phi) is 4.07. The lowest BCUT2D eigenvalue weighted by molar-refractivity contribution is 0.284. The molecule has 0 spiro atoms. The fraction of sp³-hybridized carbons (Fsp3) is 1.00. The van der Waals surface area contributed by atoms with Crippen LogP contribution in [-0.4, -0.2) is 36.4 Å². The molecule has 5 heteroatoms. The van der Waals surface area contributed by atoms with Crippen LogP contribution in [-0.2, 0) is 10.0 Å². The zero-order chi connectivity index (χ0) is 11.7. The maximum Gasteiger partial charge on any atom is 0.219 e. The van der Waals surface area contributed by atoms with Gasteiger partial charge in [0.2, 0.25) is 10.0 Å². The smallest absolute Gasteiger partial charge is 0.212 e. The summed E-state index contributed by atoms with van der Waals surface area (Å²) in [5, 5.41) is 0.